The number of benzene rings is 1. The summed E-state index contributed by atoms with van der Waals surface area (Å²) in [7, 11) is 1.78. The van der Waals surface area contributed by atoms with E-state index in [0.29, 0.717) is 19.2 Å². The Bertz CT molecular complexity index is 619. The Kier molecular flexibility index (Phi) is 2.81. The third-order valence-corrected chi connectivity index (χ3v) is 3.15. The van der Waals surface area contributed by atoms with E-state index in [0.717, 1.165) is 34.1 Å². The van der Waals surface area contributed by atoms with Crippen molar-refractivity contribution in [3.05, 3.63) is 23.5 Å². The molecule has 2 aromatic rings. The van der Waals surface area contributed by atoms with Gasteiger partial charge in [0.25, 0.3) is 6.01 Å². The summed E-state index contributed by atoms with van der Waals surface area (Å²) in [5.74, 6) is 2.34. The van der Waals surface area contributed by atoms with Crippen LogP contribution in [-0.4, -0.2) is 25.2 Å². The Balaban J connectivity index is 2.11. The van der Waals surface area contributed by atoms with Crippen molar-refractivity contribution in [3.63, 3.8) is 0 Å². The van der Waals surface area contributed by atoms with E-state index in [1.54, 1.807) is 7.05 Å². The summed E-state index contributed by atoms with van der Waals surface area (Å²) in [6, 6.07) is 4.47. The summed E-state index contributed by atoms with van der Waals surface area (Å²) in [5.41, 5.74) is 2.93. The molecule has 0 unspecified atom stereocenters. The molecule has 100 valence electrons. The van der Waals surface area contributed by atoms with E-state index in [1.165, 1.54) is 0 Å². The van der Waals surface area contributed by atoms with Crippen LogP contribution < -0.4 is 14.8 Å². The number of nitrogens with zero attached hydrogens (tertiary/aromatic N) is 1. The fourth-order valence-electron chi connectivity index (χ4n) is 2.20. The summed E-state index contributed by atoms with van der Waals surface area (Å²) in [4.78, 5) is 4.43. The molecule has 0 spiro atoms. The third kappa shape index (κ3) is 2.01. The molecule has 2 heterocycles. The maximum Gasteiger partial charge on any atom is 0.295 e. The molecule has 1 aliphatic rings. The lowest BCUT2D eigenvalue weighted by Crippen LogP contribution is -2.15. The lowest BCUT2D eigenvalue weighted by molar-refractivity contribution is 0.171. The Labute approximate surface area is 111 Å². The van der Waals surface area contributed by atoms with Crippen molar-refractivity contribution in [3.8, 4) is 22.8 Å². The van der Waals surface area contributed by atoms with Gasteiger partial charge in [-0.3, -0.25) is 0 Å². The van der Waals surface area contributed by atoms with Crippen molar-refractivity contribution in [2.45, 2.75) is 13.8 Å². The van der Waals surface area contributed by atoms with Crippen LogP contribution in [-0.2, 0) is 0 Å². The number of ether oxygens (including phenoxy) is 2. The van der Waals surface area contributed by atoms with E-state index < -0.39 is 0 Å². The predicted molar refractivity (Wildman–Crippen MR) is 71.9 cm³/mol. The van der Waals surface area contributed by atoms with E-state index in [2.05, 4.69) is 10.3 Å². The van der Waals surface area contributed by atoms with Gasteiger partial charge in [-0.2, -0.15) is 4.98 Å². The van der Waals surface area contributed by atoms with Crippen molar-refractivity contribution in [2.75, 3.05) is 25.6 Å². The SMILES string of the molecule is CNc1nc(-c2cc3c(cc2C)OCCO3)c(C)o1. The van der Waals surface area contributed by atoms with Gasteiger partial charge in [0.05, 0.1) is 0 Å². The number of rotatable bonds is 2. The molecule has 0 aliphatic carbocycles. The van der Waals surface area contributed by atoms with Gasteiger partial charge >= 0.3 is 0 Å². The number of oxazole rings is 1. The summed E-state index contributed by atoms with van der Waals surface area (Å²) < 4.78 is 16.7. The highest BCUT2D eigenvalue weighted by molar-refractivity contribution is 5.70. The average Bonchev–Trinajstić information content (AvgIpc) is 2.79. The molecule has 0 radical (unpaired) electrons. The molecule has 1 aromatic heterocycles. The summed E-state index contributed by atoms with van der Waals surface area (Å²) in [6.45, 7) is 5.11. The molecule has 19 heavy (non-hydrogen) atoms. The van der Waals surface area contributed by atoms with Gasteiger partial charge in [-0.05, 0) is 31.5 Å². The Morgan fingerprint density at radius 2 is 1.79 bits per heavy atom. The topological polar surface area (TPSA) is 56.5 Å². The smallest absolute Gasteiger partial charge is 0.295 e. The third-order valence-electron chi connectivity index (χ3n) is 3.15. The summed E-state index contributed by atoms with van der Waals surface area (Å²) in [5, 5.41) is 2.91. The van der Waals surface area contributed by atoms with Gasteiger partial charge in [0.1, 0.15) is 24.7 Å². The second-order valence-corrected chi connectivity index (χ2v) is 4.48. The first-order valence-electron chi connectivity index (χ1n) is 6.25. The first-order valence-corrected chi connectivity index (χ1v) is 6.25. The molecule has 0 saturated carbocycles. The number of hydrogen-bond donors (Lipinski definition) is 1. The maximum absolute atomic E-state index is 5.61. The average molecular weight is 260 g/mol. The minimum Gasteiger partial charge on any atom is -0.486 e. The molecule has 1 aromatic carbocycles. The van der Waals surface area contributed by atoms with Crippen molar-refractivity contribution >= 4 is 6.01 Å². The molecule has 0 atom stereocenters. The van der Waals surface area contributed by atoms with Crippen LogP contribution in [0.25, 0.3) is 11.3 Å². The Morgan fingerprint density at radius 3 is 2.42 bits per heavy atom. The number of nitrogens with one attached hydrogen (secondary N) is 1. The molecular weight excluding hydrogens is 244 g/mol. The van der Waals surface area contributed by atoms with Crippen LogP contribution >= 0.6 is 0 Å². The van der Waals surface area contributed by atoms with Crippen molar-refractivity contribution in [1.29, 1.82) is 0 Å². The van der Waals surface area contributed by atoms with Gasteiger partial charge in [-0.15, -0.1) is 0 Å². The van der Waals surface area contributed by atoms with Gasteiger partial charge in [-0.25, -0.2) is 0 Å². The Hall–Kier alpha value is -2.17. The minimum absolute atomic E-state index is 0.516. The second-order valence-electron chi connectivity index (χ2n) is 4.48. The normalized spacial score (nSPS) is 13.4. The molecule has 0 bridgehead atoms. The molecule has 1 N–H and O–H groups in total. The van der Waals surface area contributed by atoms with E-state index >= 15 is 0 Å². The molecular formula is C14H16N2O3. The monoisotopic (exact) mass is 260 g/mol. The quantitative estimate of drug-likeness (QED) is 0.899. The fraction of sp³-hybridized carbons (Fsp3) is 0.357. The van der Waals surface area contributed by atoms with Gasteiger partial charge < -0.3 is 19.2 Å². The summed E-state index contributed by atoms with van der Waals surface area (Å²) >= 11 is 0. The number of fused-ring (bicyclic) bond motifs is 1. The van der Waals surface area contributed by atoms with Crippen LogP contribution in [0.2, 0.25) is 0 Å². The van der Waals surface area contributed by atoms with Crippen LogP contribution in [0.1, 0.15) is 11.3 Å². The van der Waals surface area contributed by atoms with Crippen LogP contribution in [0.15, 0.2) is 16.5 Å². The van der Waals surface area contributed by atoms with Crippen molar-refractivity contribution < 1.29 is 13.9 Å². The zero-order chi connectivity index (χ0) is 13.4. The Morgan fingerprint density at radius 1 is 1.11 bits per heavy atom. The van der Waals surface area contributed by atoms with Gasteiger partial charge in [0.2, 0.25) is 0 Å². The first kappa shape index (κ1) is 11.9. The highest BCUT2D eigenvalue weighted by atomic mass is 16.6. The number of anilines is 1. The predicted octanol–water partition coefficient (Wildman–Crippen LogP) is 2.77. The molecule has 5 heteroatoms. The van der Waals surface area contributed by atoms with E-state index in [1.807, 2.05) is 26.0 Å². The largest absolute Gasteiger partial charge is 0.486 e. The first-order chi connectivity index (χ1) is 9.19. The number of hydrogen-bond acceptors (Lipinski definition) is 5. The lowest BCUT2D eigenvalue weighted by atomic mass is 10.0. The lowest BCUT2D eigenvalue weighted by Gasteiger charge is -2.20. The van der Waals surface area contributed by atoms with E-state index in [4.69, 9.17) is 13.9 Å². The van der Waals surface area contributed by atoms with Crippen LogP contribution in [0.4, 0.5) is 6.01 Å². The van der Waals surface area contributed by atoms with Crippen LogP contribution in [0.3, 0.4) is 0 Å². The zero-order valence-corrected chi connectivity index (χ0v) is 11.2. The molecule has 0 saturated heterocycles. The molecule has 3 rings (SSSR count). The van der Waals surface area contributed by atoms with Crippen LogP contribution in [0.5, 0.6) is 11.5 Å². The standard InChI is InChI=1S/C14H16N2O3/c1-8-6-11-12(18-5-4-17-11)7-10(8)13-9(2)19-14(15-3)16-13/h6-7H,4-5H2,1-3H3,(H,15,16). The molecule has 5 nitrogen and oxygen atoms in total. The molecule has 1 aliphatic heterocycles. The maximum atomic E-state index is 5.61. The summed E-state index contributed by atoms with van der Waals surface area (Å²) in [6.07, 6.45) is 0. The highest BCUT2D eigenvalue weighted by Gasteiger charge is 2.18. The van der Waals surface area contributed by atoms with Gasteiger partial charge in [-0.1, -0.05) is 0 Å². The van der Waals surface area contributed by atoms with Gasteiger partial charge in [0.15, 0.2) is 11.5 Å². The zero-order valence-electron chi connectivity index (χ0n) is 11.2. The van der Waals surface area contributed by atoms with E-state index in [-0.39, 0.29) is 0 Å². The minimum atomic E-state index is 0.516. The number of aryl methyl sites for hydroxylation is 2. The van der Waals surface area contributed by atoms with E-state index in [9.17, 15) is 0 Å². The van der Waals surface area contributed by atoms with Crippen molar-refractivity contribution in [2.24, 2.45) is 0 Å². The number of aromatic nitrogens is 1. The van der Waals surface area contributed by atoms with Gasteiger partial charge in [0, 0.05) is 12.6 Å². The second kappa shape index (κ2) is 4.50. The highest BCUT2D eigenvalue weighted by Crippen LogP contribution is 2.38. The molecule has 0 fully saturated rings. The molecule has 0 amide bonds. The van der Waals surface area contributed by atoms with Crippen molar-refractivity contribution in [1.82, 2.24) is 4.98 Å². The fourth-order valence-corrected chi connectivity index (χ4v) is 2.20. The van der Waals surface area contributed by atoms with Crippen LogP contribution in [0, 0.1) is 13.8 Å².